The standard InChI is InChI=1S/C18H31NO6/c1-8-11-24-17(22)19(12-16(21)23-7)14(13(2)3)9-10-15(20)25-18(4,5)6/h8,13-14H,1,9-12H2,2-7H3/t14-/m0/s1. The number of amides is 1. The van der Waals surface area contributed by atoms with Gasteiger partial charge in [-0.15, -0.1) is 0 Å². The molecule has 7 heteroatoms. The molecule has 0 saturated heterocycles. The van der Waals surface area contributed by atoms with Gasteiger partial charge in [0, 0.05) is 12.5 Å². The number of esters is 2. The van der Waals surface area contributed by atoms with Crippen molar-refractivity contribution < 1.29 is 28.6 Å². The lowest BCUT2D eigenvalue weighted by molar-refractivity contribution is -0.155. The largest absolute Gasteiger partial charge is 0.468 e. The topological polar surface area (TPSA) is 82.1 Å². The molecule has 0 spiro atoms. The van der Waals surface area contributed by atoms with Crippen LogP contribution in [0.3, 0.4) is 0 Å². The number of hydrogen-bond donors (Lipinski definition) is 0. The second-order valence-electron chi connectivity index (χ2n) is 7.01. The molecule has 0 aliphatic carbocycles. The van der Waals surface area contributed by atoms with Crippen molar-refractivity contribution in [3.05, 3.63) is 12.7 Å². The van der Waals surface area contributed by atoms with Gasteiger partial charge < -0.3 is 14.2 Å². The molecule has 0 saturated carbocycles. The van der Waals surface area contributed by atoms with Crippen LogP contribution in [0.5, 0.6) is 0 Å². The molecule has 25 heavy (non-hydrogen) atoms. The van der Waals surface area contributed by atoms with E-state index >= 15 is 0 Å². The van der Waals surface area contributed by atoms with Crippen LogP contribution >= 0.6 is 0 Å². The Morgan fingerprint density at radius 3 is 2.20 bits per heavy atom. The molecule has 0 aliphatic heterocycles. The zero-order chi connectivity index (χ0) is 19.6. The minimum absolute atomic E-state index is 0.00312. The summed E-state index contributed by atoms with van der Waals surface area (Å²) in [6.45, 7) is 12.5. The third kappa shape index (κ3) is 9.74. The molecular weight excluding hydrogens is 326 g/mol. The van der Waals surface area contributed by atoms with E-state index in [-0.39, 0.29) is 37.5 Å². The molecule has 0 aromatic carbocycles. The van der Waals surface area contributed by atoms with E-state index in [1.807, 2.05) is 13.8 Å². The highest BCUT2D eigenvalue weighted by Crippen LogP contribution is 2.19. The van der Waals surface area contributed by atoms with E-state index in [9.17, 15) is 14.4 Å². The van der Waals surface area contributed by atoms with Crippen molar-refractivity contribution in [2.45, 2.75) is 59.1 Å². The van der Waals surface area contributed by atoms with E-state index < -0.39 is 17.7 Å². The minimum Gasteiger partial charge on any atom is -0.468 e. The molecule has 7 nitrogen and oxygen atoms in total. The number of methoxy groups -OCH3 is 1. The normalized spacial score (nSPS) is 12.3. The van der Waals surface area contributed by atoms with Crippen LogP contribution in [-0.2, 0) is 23.8 Å². The quantitative estimate of drug-likeness (QED) is 0.358. The third-order valence-electron chi connectivity index (χ3n) is 3.32. The molecule has 1 atom stereocenters. The highest BCUT2D eigenvalue weighted by Gasteiger charge is 2.30. The van der Waals surface area contributed by atoms with Crippen molar-refractivity contribution in [1.29, 1.82) is 0 Å². The maximum absolute atomic E-state index is 12.3. The van der Waals surface area contributed by atoms with E-state index in [0.717, 1.165) is 0 Å². The number of nitrogens with zero attached hydrogens (tertiary/aromatic N) is 1. The van der Waals surface area contributed by atoms with Crippen LogP contribution in [0.15, 0.2) is 12.7 Å². The third-order valence-corrected chi connectivity index (χ3v) is 3.32. The smallest absolute Gasteiger partial charge is 0.410 e. The number of rotatable bonds is 9. The van der Waals surface area contributed by atoms with Crippen molar-refractivity contribution in [3.8, 4) is 0 Å². The number of hydrogen-bond acceptors (Lipinski definition) is 6. The SMILES string of the molecule is C=CCOC(=O)N(CC(=O)OC)[C@@H](CCC(=O)OC(C)(C)C)C(C)C. The monoisotopic (exact) mass is 357 g/mol. The minimum atomic E-state index is -0.645. The second-order valence-corrected chi connectivity index (χ2v) is 7.01. The first-order valence-corrected chi connectivity index (χ1v) is 8.34. The van der Waals surface area contributed by atoms with Crippen LogP contribution in [0.2, 0.25) is 0 Å². The summed E-state index contributed by atoms with van der Waals surface area (Å²) in [7, 11) is 1.25. The summed E-state index contributed by atoms with van der Waals surface area (Å²) >= 11 is 0. The Hall–Kier alpha value is -2.05. The van der Waals surface area contributed by atoms with Crippen molar-refractivity contribution >= 4 is 18.0 Å². The lowest BCUT2D eigenvalue weighted by atomic mass is 9.97. The number of carbonyl (C=O) groups excluding carboxylic acids is 3. The van der Waals surface area contributed by atoms with Gasteiger partial charge in [0.15, 0.2) is 0 Å². The molecule has 1 amide bonds. The Morgan fingerprint density at radius 2 is 1.76 bits per heavy atom. The summed E-state index contributed by atoms with van der Waals surface area (Å²) in [6, 6.07) is -0.371. The first kappa shape index (κ1) is 22.9. The molecule has 0 radical (unpaired) electrons. The Bertz CT molecular complexity index is 467. The van der Waals surface area contributed by atoms with Crippen LogP contribution in [0.1, 0.15) is 47.5 Å². The van der Waals surface area contributed by atoms with Crippen molar-refractivity contribution in [2.24, 2.45) is 5.92 Å². The Balaban J connectivity index is 5.12. The summed E-state index contributed by atoms with van der Waals surface area (Å²) in [5.74, 6) is -0.905. The molecular formula is C18H31NO6. The maximum Gasteiger partial charge on any atom is 0.410 e. The van der Waals surface area contributed by atoms with E-state index in [1.165, 1.54) is 18.1 Å². The van der Waals surface area contributed by atoms with Crippen molar-refractivity contribution in [2.75, 3.05) is 20.3 Å². The lowest BCUT2D eigenvalue weighted by Gasteiger charge is -2.33. The fourth-order valence-corrected chi connectivity index (χ4v) is 2.24. The highest BCUT2D eigenvalue weighted by atomic mass is 16.6. The molecule has 144 valence electrons. The summed E-state index contributed by atoms with van der Waals surface area (Å²) in [6.07, 6.45) is 1.28. The van der Waals surface area contributed by atoms with Crippen LogP contribution in [0, 0.1) is 5.92 Å². The summed E-state index contributed by atoms with van der Waals surface area (Å²) < 4.78 is 15.0. The Kier molecular flexibility index (Phi) is 9.86. The Morgan fingerprint density at radius 1 is 1.16 bits per heavy atom. The fourth-order valence-electron chi connectivity index (χ4n) is 2.24. The zero-order valence-electron chi connectivity index (χ0n) is 16.2. The molecule has 0 unspecified atom stereocenters. The van der Waals surface area contributed by atoms with Crippen molar-refractivity contribution in [3.63, 3.8) is 0 Å². The van der Waals surface area contributed by atoms with Gasteiger partial charge in [-0.1, -0.05) is 26.5 Å². The van der Waals surface area contributed by atoms with Crippen LogP contribution in [0.25, 0.3) is 0 Å². The second kappa shape index (κ2) is 10.7. The van der Waals surface area contributed by atoms with Crippen LogP contribution in [-0.4, -0.2) is 54.8 Å². The van der Waals surface area contributed by atoms with Gasteiger partial charge in [0.25, 0.3) is 0 Å². The van der Waals surface area contributed by atoms with Crippen LogP contribution < -0.4 is 0 Å². The van der Waals surface area contributed by atoms with Gasteiger partial charge in [-0.2, -0.15) is 0 Å². The predicted octanol–water partition coefficient (Wildman–Crippen LogP) is 2.93. The zero-order valence-corrected chi connectivity index (χ0v) is 16.2. The average Bonchev–Trinajstić information content (AvgIpc) is 2.49. The van der Waals surface area contributed by atoms with Crippen molar-refractivity contribution in [1.82, 2.24) is 4.90 Å². The Labute approximate surface area is 150 Å². The maximum atomic E-state index is 12.3. The van der Waals surface area contributed by atoms with Gasteiger partial charge in [0.2, 0.25) is 0 Å². The summed E-state index contributed by atoms with van der Waals surface area (Å²) in [5, 5.41) is 0. The molecule has 0 fully saturated rings. The number of ether oxygens (including phenoxy) is 3. The lowest BCUT2D eigenvalue weighted by Crippen LogP contribution is -2.47. The fraction of sp³-hybridized carbons (Fsp3) is 0.722. The molecule has 0 heterocycles. The molecule has 0 aromatic heterocycles. The molecule has 0 rings (SSSR count). The molecule has 0 bridgehead atoms. The summed E-state index contributed by atoms with van der Waals surface area (Å²) in [5.41, 5.74) is -0.570. The molecule has 0 aliphatic rings. The van der Waals surface area contributed by atoms with Gasteiger partial charge in [0.1, 0.15) is 18.8 Å². The number of carbonyl (C=O) groups is 3. The molecule has 0 aromatic rings. The first-order chi connectivity index (χ1) is 11.5. The first-order valence-electron chi connectivity index (χ1n) is 8.34. The van der Waals surface area contributed by atoms with Gasteiger partial charge in [-0.25, -0.2) is 4.79 Å². The highest BCUT2D eigenvalue weighted by molar-refractivity contribution is 5.78. The van der Waals surface area contributed by atoms with E-state index in [2.05, 4.69) is 11.3 Å². The van der Waals surface area contributed by atoms with Crippen LogP contribution in [0.4, 0.5) is 4.79 Å². The van der Waals surface area contributed by atoms with E-state index in [4.69, 9.17) is 9.47 Å². The average molecular weight is 357 g/mol. The van der Waals surface area contributed by atoms with E-state index in [1.54, 1.807) is 20.8 Å². The predicted molar refractivity (Wildman–Crippen MR) is 94.0 cm³/mol. The van der Waals surface area contributed by atoms with Gasteiger partial charge in [-0.05, 0) is 33.1 Å². The van der Waals surface area contributed by atoms with Gasteiger partial charge >= 0.3 is 18.0 Å². The van der Waals surface area contributed by atoms with Gasteiger partial charge in [-0.3, -0.25) is 14.5 Å². The van der Waals surface area contributed by atoms with E-state index in [0.29, 0.717) is 6.42 Å². The molecule has 0 N–H and O–H groups in total. The summed E-state index contributed by atoms with van der Waals surface area (Å²) in [4.78, 5) is 37.2. The van der Waals surface area contributed by atoms with Gasteiger partial charge in [0.05, 0.1) is 7.11 Å².